The largest absolute Gasteiger partial charge is 0.444 e. The van der Waals surface area contributed by atoms with Crippen molar-refractivity contribution < 1.29 is 13.2 Å². The number of aryl methyl sites for hydroxylation is 1. The first kappa shape index (κ1) is 18.4. The van der Waals surface area contributed by atoms with Crippen molar-refractivity contribution in [3.63, 3.8) is 0 Å². The van der Waals surface area contributed by atoms with E-state index in [1.165, 1.54) is 11.3 Å². The fraction of sp³-hybridized carbons (Fsp3) is 0.0455. The van der Waals surface area contributed by atoms with Gasteiger partial charge >= 0.3 is 0 Å². The third-order valence-corrected chi connectivity index (χ3v) is 6.92. The third kappa shape index (κ3) is 3.69. The van der Waals surface area contributed by atoms with E-state index < -0.39 is 9.84 Å². The molecule has 0 aliphatic rings. The van der Waals surface area contributed by atoms with E-state index in [9.17, 15) is 8.42 Å². The first-order valence-electron chi connectivity index (χ1n) is 8.65. The topological polar surface area (TPSA) is 56.3 Å². The molecule has 1 aromatic heterocycles. The van der Waals surface area contributed by atoms with Crippen molar-refractivity contribution in [3.05, 3.63) is 90.5 Å². The van der Waals surface area contributed by atoms with Crippen LogP contribution in [0.5, 0.6) is 10.8 Å². The number of rotatable bonds is 5. The fourth-order valence-corrected chi connectivity index (χ4v) is 5.19. The van der Waals surface area contributed by atoms with Crippen LogP contribution in [0, 0.1) is 6.92 Å². The van der Waals surface area contributed by atoms with Crippen LogP contribution in [-0.4, -0.2) is 13.4 Å². The Morgan fingerprint density at radius 2 is 1.43 bits per heavy atom. The minimum atomic E-state index is -3.82. The van der Waals surface area contributed by atoms with Crippen LogP contribution in [0.2, 0.25) is 0 Å². The second-order valence-electron chi connectivity index (χ2n) is 6.21. The molecule has 0 unspecified atom stereocenters. The van der Waals surface area contributed by atoms with Crippen LogP contribution in [0.25, 0.3) is 10.6 Å². The van der Waals surface area contributed by atoms with Crippen molar-refractivity contribution in [2.45, 2.75) is 16.8 Å². The summed E-state index contributed by atoms with van der Waals surface area (Å²) < 4.78 is 32.4. The van der Waals surface area contributed by atoms with Gasteiger partial charge in [0.25, 0.3) is 0 Å². The maximum absolute atomic E-state index is 13.3. The predicted molar refractivity (Wildman–Crippen MR) is 111 cm³/mol. The zero-order valence-corrected chi connectivity index (χ0v) is 16.7. The molecule has 6 heteroatoms. The molecule has 0 saturated heterocycles. The van der Waals surface area contributed by atoms with Gasteiger partial charge in [-0.3, -0.25) is 0 Å². The summed E-state index contributed by atoms with van der Waals surface area (Å²) in [5.74, 6) is 0.561. The van der Waals surface area contributed by atoms with Gasteiger partial charge in [0.05, 0.1) is 4.90 Å². The molecule has 4 rings (SSSR count). The van der Waals surface area contributed by atoms with E-state index in [0.717, 1.165) is 11.1 Å². The van der Waals surface area contributed by atoms with E-state index in [1.54, 1.807) is 36.4 Å². The van der Waals surface area contributed by atoms with Gasteiger partial charge in [0, 0.05) is 5.56 Å². The molecule has 4 nitrogen and oxygen atoms in total. The summed E-state index contributed by atoms with van der Waals surface area (Å²) in [5.41, 5.74) is 1.83. The highest BCUT2D eigenvalue weighted by Crippen LogP contribution is 2.41. The molecule has 1 heterocycles. The van der Waals surface area contributed by atoms with E-state index in [0.29, 0.717) is 10.8 Å². The number of benzene rings is 3. The minimum Gasteiger partial charge on any atom is -0.444 e. The highest BCUT2D eigenvalue weighted by Gasteiger charge is 2.28. The van der Waals surface area contributed by atoms with E-state index in [4.69, 9.17) is 4.74 Å². The Morgan fingerprint density at radius 1 is 0.821 bits per heavy atom. The second kappa shape index (κ2) is 7.58. The Labute approximate surface area is 168 Å². The molecule has 28 heavy (non-hydrogen) atoms. The van der Waals surface area contributed by atoms with Crippen LogP contribution >= 0.6 is 11.3 Å². The van der Waals surface area contributed by atoms with Gasteiger partial charge in [-0.25, -0.2) is 13.4 Å². The summed E-state index contributed by atoms with van der Waals surface area (Å²) in [6, 6.07) is 25.3. The molecule has 0 aliphatic carbocycles. The Morgan fingerprint density at radius 3 is 2.07 bits per heavy atom. The van der Waals surface area contributed by atoms with Gasteiger partial charge in [0.15, 0.2) is 0 Å². The van der Waals surface area contributed by atoms with E-state index >= 15 is 0 Å². The molecule has 0 N–H and O–H groups in total. The lowest BCUT2D eigenvalue weighted by molar-refractivity contribution is 0.478. The van der Waals surface area contributed by atoms with Gasteiger partial charge in [-0.05, 0) is 31.2 Å². The van der Waals surface area contributed by atoms with Gasteiger partial charge in [0.1, 0.15) is 10.8 Å². The van der Waals surface area contributed by atoms with Gasteiger partial charge in [-0.2, -0.15) is 0 Å². The van der Waals surface area contributed by atoms with Gasteiger partial charge in [0.2, 0.25) is 19.9 Å². The molecule has 0 saturated carbocycles. The van der Waals surface area contributed by atoms with Crippen molar-refractivity contribution in [1.82, 2.24) is 4.98 Å². The van der Waals surface area contributed by atoms with Crippen molar-refractivity contribution in [1.29, 1.82) is 0 Å². The van der Waals surface area contributed by atoms with E-state index in [-0.39, 0.29) is 15.0 Å². The maximum atomic E-state index is 13.3. The van der Waals surface area contributed by atoms with Gasteiger partial charge in [-0.15, -0.1) is 0 Å². The Balaban J connectivity index is 1.84. The number of para-hydroxylation sites is 1. The molecule has 0 amide bonds. The lowest BCUT2D eigenvalue weighted by Gasteiger charge is -2.06. The van der Waals surface area contributed by atoms with Crippen LogP contribution in [0.15, 0.2) is 94.9 Å². The predicted octanol–water partition coefficient (Wildman–Crippen LogP) is 5.74. The van der Waals surface area contributed by atoms with Crippen LogP contribution in [-0.2, 0) is 9.84 Å². The zero-order chi connectivity index (χ0) is 19.6. The zero-order valence-electron chi connectivity index (χ0n) is 15.1. The number of thiazole rings is 1. The number of ether oxygens (including phenoxy) is 1. The quantitative estimate of drug-likeness (QED) is 0.423. The molecular weight excluding hydrogens is 390 g/mol. The smallest absolute Gasteiger partial charge is 0.228 e. The van der Waals surface area contributed by atoms with Crippen LogP contribution in [0.4, 0.5) is 0 Å². The number of sulfone groups is 1. The molecular formula is C22H17NO3S2. The molecule has 4 aromatic rings. The lowest BCUT2D eigenvalue weighted by Crippen LogP contribution is -2.04. The summed E-state index contributed by atoms with van der Waals surface area (Å²) in [4.78, 5) is 4.65. The normalized spacial score (nSPS) is 11.3. The van der Waals surface area contributed by atoms with Crippen LogP contribution < -0.4 is 4.74 Å². The summed E-state index contributed by atoms with van der Waals surface area (Å²) in [7, 11) is -3.82. The average Bonchev–Trinajstić information content (AvgIpc) is 3.14. The summed E-state index contributed by atoms with van der Waals surface area (Å²) in [6.07, 6.45) is 0. The minimum absolute atomic E-state index is 0.0657. The summed E-state index contributed by atoms with van der Waals surface area (Å²) >= 11 is 1.22. The van der Waals surface area contributed by atoms with Crippen molar-refractivity contribution in [3.8, 4) is 21.4 Å². The van der Waals surface area contributed by atoms with E-state index in [1.807, 2.05) is 55.5 Å². The molecule has 0 fully saturated rings. The highest BCUT2D eigenvalue weighted by molar-refractivity contribution is 7.91. The lowest BCUT2D eigenvalue weighted by atomic mass is 10.2. The second-order valence-corrected chi connectivity index (χ2v) is 9.04. The molecule has 0 bridgehead atoms. The third-order valence-electron chi connectivity index (χ3n) is 4.13. The maximum Gasteiger partial charge on any atom is 0.228 e. The number of hydrogen-bond acceptors (Lipinski definition) is 5. The number of nitrogens with zero attached hydrogens (tertiary/aromatic N) is 1. The Bertz CT molecular complexity index is 1180. The fourth-order valence-electron chi connectivity index (χ4n) is 2.66. The van der Waals surface area contributed by atoms with Crippen molar-refractivity contribution in [2.75, 3.05) is 0 Å². The van der Waals surface area contributed by atoms with Crippen molar-refractivity contribution in [2.24, 2.45) is 0 Å². The SMILES string of the molecule is Cc1ccc(S(=O)(=O)c2nc(-c3ccccc3)sc2Oc2ccccc2)cc1. The van der Waals surface area contributed by atoms with Gasteiger partial charge < -0.3 is 4.74 Å². The van der Waals surface area contributed by atoms with Gasteiger partial charge in [-0.1, -0.05) is 77.6 Å². The molecule has 0 atom stereocenters. The summed E-state index contributed by atoms with van der Waals surface area (Å²) in [6.45, 7) is 1.91. The standard InChI is InChI=1S/C22H17NO3S2/c1-16-12-14-19(15-13-16)28(24,25)21-22(26-18-10-6-3-7-11-18)27-20(23-21)17-8-4-2-5-9-17/h2-15H,1H3. The van der Waals surface area contributed by atoms with Crippen LogP contribution in [0.1, 0.15) is 5.56 Å². The van der Waals surface area contributed by atoms with Crippen LogP contribution in [0.3, 0.4) is 0 Å². The Hall–Kier alpha value is -2.96. The first-order valence-corrected chi connectivity index (χ1v) is 10.9. The van der Waals surface area contributed by atoms with Crippen molar-refractivity contribution >= 4 is 21.2 Å². The number of aromatic nitrogens is 1. The average molecular weight is 408 g/mol. The molecule has 0 radical (unpaired) electrons. The Kier molecular flexibility index (Phi) is 4.98. The van der Waals surface area contributed by atoms with E-state index in [2.05, 4.69) is 4.98 Å². The molecule has 3 aromatic carbocycles. The molecule has 0 spiro atoms. The highest BCUT2D eigenvalue weighted by atomic mass is 32.2. The summed E-state index contributed by atoms with van der Waals surface area (Å²) in [5, 5.41) is 0.784. The molecule has 140 valence electrons. The molecule has 0 aliphatic heterocycles. The first-order chi connectivity index (χ1) is 13.5. The monoisotopic (exact) mass is 407 g/mol. The number of hydrogen-bond donors (Lipinski definition) is 0.